The summed E-state index contributed by atoms with van der Waals surface area (Å²) in [5.74, 6) is -1.15. The summed E-state index contributed by atoms with van der Waals surface area (Å²) in [5, 5.41) is 11.1. The van der Waals surface area contributed by atoms with E-state index in [1.54, 1.807) is 37.4 Å². The molecular weight excluding hydrogens is 362 g/mol. The van der Waals surface area contributed by atoms with E-state index in [-0.39, 0.29) is 11.3 Å². The number of ether oxygens (including phenoxy) is 1. The molecule has 0 radical (unpaired) electrons. The monoisotopic (exact) mass is 383 g/mol. The summed E-state index contributed by atoms with van der Waals surface area (Å²) in [6.45, 7) is 1.09. The first kappa shape index (κ1) is 19.3. The molecule has 0 aliphatic carbocycles. The van der Waals surface area contributed by atoms with Crippen molar-refractivity contribution in [2.24, 2.45) is 0 Å². The normalized spacial score (nSPS) is 13.2. The fraction of sp³-hybridized carbons (Fsp3) is 0.300. The van der Waals surface area contributed by atoms with Crippen LogP contribution in [0, 0.1) is 10.1 Å². The van der Waals surface area contributed by atoms with Gasteiger partial charge in [-0.1, -0.05) is 18.2 Å². The minimum absolute atomic E-state index is 0.103. The minimum Gasteiger partial charge on any atom is -0.452 e. The van der Waals surface area contributed by atoms with Crippen molar-refractivity contribution in [2.45, 2.75) is 12.8 Å². The summed E-state index contributed by atoms with van der Waals surface area (Å²) in [6.07, 6.45) is 1.98. The number of esters is 1. The number of nitro groups is 1. The maximum atomic E-state index is 12.6. The Hall–Kier alpha value is -3.42. The topological polar surface area (TPSA) is 93.0 Å². The molecule has 0 saturated carbocycles. The van der Waals surface area contributed by atoms with Gasteiger partial charge in [0.2, 0.25) is 0 Å². The van der Waals surface area contributed by atoms with E-state index in [1.807, 2.05) is 11.0 Å². The number of nitro benzene ring substituents is 1. The number of non-ortho nitro benzene ring substituents is 1. The smallest absolute Gasteiger partial charge is 0.341 e. The van der Waals surface area contributed by atoms with Crippen molar-refractivity contribution >= 4 is 28.9 Å². The van der Waals surface area contributed by atoms with Gasteiger partial charge in [0.25, 0.3) is 11.6 Å². The Morgan fingerprint density at radius 1 is 1.14 bits per heavy atom. The van der Waals surface area contributed by atoms with Gasteiger partial charge in [0, 0.05) is 38.0 Å². The molecule has 0 unspecified atom stereocenters. The van der Waals surface area contributed by atoms with Crippen LogP contribution in [0.3, 0.4) is 0 Å². The predicted octanol–water partition coefficient (Wildman–Crippen LogP) is 3.01. The van der Waals surface area contributed by atoms with Crippen LogP contribution in [0.5, 0.6) is 0 Å². The molecule has 1 aliphatic rings. The molecule has 0 spiro atoms. The molecule has 8 nitrogen and oxygen atoms in total. The van der Waals surface area contributed by atoms with Gasteiger partial charge in [0.15, 0.2) is 6.61 Å². The number of carbonyl (C=O) groups is 2. The number of hydrogen-bond acceptors (Lipinski definition) is 6. The lowest BCUT2D eigenvalue weighted by molar-refractivity contribution is -0.384. The fourth-order valence-electron chi connectivity index (χ4n) is 3.13. The Morgan fingerprint density at radius 2 is 1.82 bits per heavy atom. The van der Waals surface area contributed by atoms with Crippen LogP contribution in [-0.4, -0.2) is 43.5 Å². The molecule has 0 aromatic heterocycles. The number of para-hydroxylation sites is 1. The molecule has 2 aromatic carbocycles. The highest BCUT2D eigenvalue weighted by atomic mass is 16.6. The van der Waals surface area contributed by atoms with Crippen molar-refractivity contribution in [1.29, 1.82) is 0 Å². The van der Waals surface area contributed by atoms with E-state index in [4.69, 9.17) is 4.74 Å². The first-order chi connectivity index (χ1) is 13.5. The number of anilines is 2. The molecule has 8 heteroatoms. The molecule has 1 aliphatic heterocycles. The quantitative estimate of drug-likeness (QED) is 0.432. The first-order valence-corrected chi connectivity index (χ1v) is 8.99. The molecule has 28 heavy (non-hydrogen) atoms. The van der Waals surface area contributed by atoms with Crippen molar-refractivity contribution in [3.05, 3.63) is 64.2 Å². The highest BCUT2D eigenvalue weighted by Crippen LogP contribution is 2.29. The highest BCUT2D eigenvalue weighted by molar-refractivity contribution is 5.99. The van der Waals surface area contributed by atoms with Crippen molar-refractivity contribution in [3.63, 3.8) is 0 Å². The highest BCUT2D eigenvalue weighted by Gasteiger charge is 2.24. The van der Waals surface area contributed by atoms with Gasteiger partial charge in [-0.2, -0.15) is 0 Å². The molecule has 1 saturated heterocycles. The van der Waals surface area contributed by atoms with Crippen LogP contribution in [0.15, 0.2) is 48.5 Å². The molecule has 1 heterocycles. The van der Waals surface area contributed by atoms with Gasteiger partial charge >= 0.3 is 5.97 Å². The molecular formula is C20H21N3O5. The van der Waals surface area contributed by atoms with Crippen LogP contribution in [0.4, 0.5) is 17.1 Å². The van der Waals surface area contributed by atoms with Gasteiger partial charge in [0.1, 0.15) is 0 Å². The number of amides is 1. The number of hydrogen-bond donors (Lipinski definition) is 0. The second-order valence-corrected chi connectivity index (χ2v) is 6.52. The zero-order chi connectivity index (χ0) is 20.1. The predicted molar refractivity (Wildman–Crippen MR) is 105 cm³/mol. The molecule has 0 atom stereocenters. The average molecular weight is 383 g/mol. The van der Waals surface area contributed by atoms with Crippen LogP contribution in [0.2, 0.25) is 0 Å². The Balaban J connectivity index is 1.74. The maximum absolute atomic E-state index is 12.6. The van der Waals surface area contributed by atoms with Gasteiger partial charge < -0.3 is 14.5 Å². The van der Waals surface area contributed by atoms with E-state index in [1.165, 1.54) is 17.0 Å². The zero-order valence-electron chi connectivity index (χ0n) is 15.5. The summed E-state index contributed by atoms with van der Waals surface area (Å²) in [7, 11) is 1.59. The lowest BCUT2D eigenvalue weighted by atomic mass is 10.1. The van der Waals surface area contributed by atoms with E-state index in [0.29, 0.717) is 11.4 Å². The third-order valence-electron chi connectivity index (χ3n) is 4.70. The largest absolute Gasteiger partial charge is 0.452 e. The van der Waals surface area contributed by atoms with Gasteiger partial charge in [0.05, 0.1) is 16.2 Å². The van der Waals surface area contributed by atoms with Gasteiger partial charge in [-0.3, -0.25) is 14.9 Å². The molecule has 2 aromatic rings. The van der Waals surface area contributed by atoms with Crippen molar-refractivity contribution in [3.8, 4) is 0 Å². The number of benzene rings is 2. The standard InChI is InChI=1S/C20H21N3O5/c1-21(15-7-3-2-4-8-15)19(24)14-28-20(25)17-13-16(23(26)27)9-10-18(17)22-11-5-6-12-22/h2-4,7-10,13H,5-6,11-12,14H2,1H3. The third-order valence-corrected chi connectivity index (χ3v) is 4.70. The van der Waals surface area contributed by atoms with E-state index in [2.05, 4.69) is 0 Å². The van der Waals surface area contributed by atoms with E-state index in [9.17, 15) is 19.7 Å². The summed E-state index contributed by atoms with van der Waals surface area (Å²) in [6, 6.07) is 13.1. The number of likely N-dealkylation sites (N-methyl/N-ethyl adjacent to an activating group) is 1. The third kappa shape index (κ3) is 4.28. The second-order valence-electron chi connectivity index (χ2n) is 6.52. The van der Waals surface area contributed by atoms with Gasteiger partial charge in [-0.15, -0.1) is 0 Å². The summed E-state index contributed by atoms with van der Waals surface area (Å²) in [4.78, 5) is 38.9. The SMILES string of the molecule is CN(C(=O)COC(=O)c1cc([N+](=O)[O-])ccc1N1CCCC1)c1ccccc1. The molecule has 1 fully saturated rings. The van der Waals surface area contributed by atoms with Crippen molar-refractivity contribution < 1.29 is 19.2 Å². The molecule has 1 amide bonds. The van der Waals surface area contributed by atoms with Crippen LogP contribution in [0.25, 0.3) is 0 Å². The van der Waals surface area contributed by atoms with E-state index in [0.717, 1.165) is 25.9 Å². The van der Waals surface area contributed by atoms with E-state index < -0.39 is 23.4 Å². The molecule has 3 rings (SSSR count). The first-order valence-electron chi connectivity index (χ1n) is 8.99. The fourth-order valence-corrected chi connectivity index (χ4v) is 3.13. The lowest BCUT2D eigenvalue weighted by Crippen LogP contribution is -2.31. The Labute approximate surface area is 162 Å². The number of nitrogens with zero attached hydrogens (tertiary/aromatic N) is 3. The molecule has 0 bridgehead atoms. The zero-order valence-corrected chi connectivity index (χ0v) is 15.5. The van der Waals surface area contributed by atoms with Crippen LogP contribution in [0.1, 0.15) is 23.2 Å². The lowest BCUT2D eigenvalue weighted by Gasteiger charge is -2.21. The van der Waals surface area contributed by atoms with Gasteiger partial charge in [-0.25, -0.2) is 4.79 Å². The molecule has 146 valence electrons. The second kappa shape index (κ2) is 8.51. The number of rotatable bonds is 6. The van der Waals surface area contributed by atoms with Gasteiger partial charge in [-0.05, 0) is 31.0 Å². The van der Waals surface area contributed by atoms with Crippen molar-refractivity contribution in [1.82, 2.24) is 0 Å². The minimum atomic E-state index is -0.750. The number of carbonyl (C=O) groups excluding carboxylic acids is 2. The Bertz CT molecular complexity index is 879. The van der Waals surface area contributed by atoms with Crippen LogP contribution >= 0.6 is 0 Å². The summed E-state index contributed by atoms with van der Waals surface area (Å²) >= 11 is 0. The Morgan fingerprint density at radius 3 is 2.46 bits per heavy atom. The van der Waals surface area contributed by atoms with E-state index >= 15 is 0 Å². The summed E-state index contributed by atoms with van der Waals surface area (Å²) < 4.78 is 5.19. The van der Waals surface area contributed by atoms with Crippen LogP contribution in [-0.2, 0) is 9.53 Å². The average Bonchev–Trinajstić information content (AvgIpc) is 3.26. The van der Waals surface area contributed by atoms with Crippen molar-refractivity contribution in [2.75, 3.05) is 36.5 Å². The molecule has 0 N–H and O–H groups in total. The Kier molecular flexibility index (Phi) is 5.88. The van der Waals surface area contributed by atoms with Crippen LogP contribution < -0.4 is 9.80 Å². The maximum Gasteiger partial charge on any atom is 0.341 e. The summed E-state index contributed by atoms with van der Waals surface area (Å²) in [5.41, 5.74) is 1.18.